The van der Waals surface area contributed by atoms with Gasteiger partial charge in [0.25, 0.3) is 0 Å². The maximum atomic E-state index is 9.97. The number of aliphatic hydroxyl groups excluding tert-OH is 1. The fourth-order valence-corrected chi connectivity index (χ4v) is 2.22. The van der Waals surface area contributed by atoms with Crippen molar-refractivity contribution >= 4 is 23.2 Å². The molecule has 0 saturated heterocycles. The Labute approximate surface area is 112 Å². The number of hydrogen-bond acceptors (Lipinski definition) is 2. The van der Waals surface area contributed by atoms with Crippen LogP contribution in [0.15, 0.2) is 18.2 Å². The van der Waals surface area contributed by atoms with Crippen LogP contribution in [0.1, 0.15) is 37.7 Å². The van der Waals surface area contributed by atoms with Gasteiger partial charge in [-0.1, -0.05) is 49.0 Å². The van der Waals surface area contributed by atoms with Gasteiger partial charge in [-0.15, -0.1) is 0 Å². The second kappa shape index (κ2) is 6.86. The molecule has 2 nitrogen and oxygen atoms in total. The molecular weight excluding hydrogens is 257 g/mol. The van der Waals surface area contributed by atoms with E-state index in [1.807, 2.05) is 6.92 Å². The highest BCUT2D eigenvalue weighted by atomic mass is 35.5. The van der Waals surface area contributed by atoms with E-state index in [-0.39, 0.29) is 0 Å². The first kappa shape index (κ1) is 14.3. The molecule has 0 heterocycles. The van der Waals surface area contributed by atoms with Crippen molar-refractivity contribution in [2.75, 3.05) is 0 Å². The summed E-state index contributed by atoms with van der Waals surface area (Å²) in [7, 11) is 0. The van der Waals surface area contributed by atoms with Gasteiger partial charge in [0.15, 0.2) is 0 Å². The van der Waals surface area contributed by atoms with Crippen LogP contribution in [-0.2, 0) is 0 Å². The zero-order valence-electron chi connectivity index (χ0n) is 9.66. The van der Waals surface area contributed by atoms with Gasteiger partial charge < -0.3 is 5.11 Å². The largest absolute Gasteiger partial charge is 0.391 e. The lowest BCUT2D eigenvalue weighted by atomic mass is 9.92. The van der Waals surface area contributed by atoms with E-state index in [1.54, 1.807) is 18.2 Å². The van der Waals surface area contributed by atoms with Gasteiger partial charge >= 0.3 is 0 Å². The first-order valence-corrected chi connectivity index (χ1v) is 6.38. The van der Waals surface area contributed by atoms with Crippen LogP contribution in [0.2, 0.25) is 10.0 Å². The van der Waals surface area contributed by atoms with Gasteiger partial charge in [-0.05, 0) is 24.1 Å². The molecule has 4 heteroatoms. The molecule has 1 N–H and O–H groups in total. The molecule has 0 aromatic heterocycles. The van der Waals surface area contributed by atoms with Gasteiger partial charge in [0.2, 0.25) is 0 Å². The third-order valence-corrected chi connectivity index (χ3v) is 3.24. The van der Waals surface area contributed by atoms with Gasteiger partial charge in [-0.2, -0.15) is 5.26 Å². The summed E-state index contributed by atoms with van der Waals surface area (Å²) in [5, 5.41) is 20.1. The topological polar surface area (TPSA) is 44.0 Å². The van der Waals surface area contributed by atoms with E-state index in [1.165, 1.54) is 0 Å². The zero-order chi connectivity index (χ0) is 12.8. The Bertz CT molecular complexity index is 414. The quantitative estimate of drug-likeness (QED) is 0.874. The number of halogens is 2. The molecule has 17 heavy (non-hydrogen) atoms. The van der Waals surface area contributed by atoms with Crippen molar-refractivity contribution < 1.29 is 5.11 Å². The molecule has 1 aromatic carbocycles. The van der Waals surface area contributed by atoms with Crippen molar-refractivity contribution in [2.24, 2.45) is 0 Å². The van der Waals surface area contributed by atoms with Crippen molar-refractivity contribution in [3.63, 3.8) is 0 Å². The SMILES string of the molecule is CCCCC(O)C(C#N)c1ccc(Cl)cc1Cl. The van der Waals surface area contributed by atoms with Gasteiger partial charge in [0.1, 0.15) is 0 Å². The van der Waals surface area contributed by atoms with Crippen molar-refractivity contribution in [2.45, 2.75) is 38.2 Å². The normalized spacial score (nSPS) is 14.1. The molecule has 1 rings (SSSR count). The van der Waals surface area contributed by atoms with Crippen LogP contribution in [0, 0.1) is 11.3 Å². The summed E-state index contributed by atoms with van der Waals surface area (Å²) in [4.78, 5) is 0. The van der Waals surface area contributed by atoms with Gasteiger partial charge in [-0.3, -0.25) is 0 Å². The van der Waals surface area contributed by atoms with Gasteiger partial charge in [0.05, 0.1) is 18.1 Å². The van der Waals surface area contributed by atoms with Crippen LogP contribution in [0.5, 0.6) is 0 Å². The van der Waals surface area contributed by atoms with E-state index in [2.05, 4.69) is 6.07 Å². The van der Waals surface area contributed by atoms with Crippen LogP contribution in [0.25, 0.3) is 0 Å². The lowest BCUT2D eigenvalue weighted by Gasteiger charge is -2.17. The van der Waals surface area contributed by atoms with E-state index in [9.17, 15) is 5.11 Å². The number of nitriles is 1. The first-order valence-electron chi connectivity index (χ1n) is 5.62. The fraction of sp³-hybridized carbons (Fsp3) is 0.462. The van der Waals surface area contributed by atoms with Crippen molar-refractivity contribution in [3.8, 4) is 6.07 Å². The number of unbranched alkanes of at least 4 members (excludes halogenated alkanes) is 1. The molecule has 0 aliphatic rings. The van der Waals surface area contributed by atoms with E-state index < -0.39 is 12.0 Å². The van der Waals surface area contributed by atoms with Crippen molar-refractivity contribution in [3.05, 3.63) is 33.8 Å². The monoisotopic (exact) mass is 271 g/mol. The number of aliphatic hydroxyl groups is 1. The average molecular weight is 272 g/mol. The van der Waals surface area contributed by atoms with E-state index in [4.69, 9.17) is 28.5 Å². The third-order valence-electron chi connectivity index (χ3n) is 2.67. The summed E-state index contributed by atoms with van der Waals surface area (Å²) in [6, 6.07) is 7.08. The molecule has 0 radical (unpaired) electrons. The summed E-state index contributed by atoms with van der Waals surface area (Å²) in [5.74, 6) is -0.591. The Hall–Kier alpha value is -0.750. The minimum Gasteiger partial charge on any atom is -0.391 e. The number of rotatable bonds is 5. The molecule has 0 spiro atoms. The molecule has 0 amide bonds. The lowest BCUT2D eigenvalue weighted by Crippen LogP contribution is -2.17. The van der Waals surface area contributed by atoms with Crippen molar-refractivity contribution in [1.82, 2.24) is 0 Å². The number of benzene rings is 1. The lowest BCUT2D eigenvalue weighted by molar-refractivity contribution is 0.148. The molecule has 2 unspecified atom stereocenters. The van der Waals surface area contributed by atoms with Crippen LogP contribution >= 0.6 is 23.2 Å². The van der Waals surface area contributed by atoms with Gasteiger partial charge in [-0.25, -0.2) is 0 Å². The molecule has 0 aliphatic carbocycles. The second-order valence-corrected chi connectivity index (χ2v) is 4.83. The van der Waals surface area contributed by atoms with Crippen molar-refractivity contribution in [1.29, 1.82) is 5.26 Å². The highest BCUT2D eigenvalue weighted by Crippen LogP contribution is 2.30. The molecule has 2 atom stereocenters. The highest BCUT2D eigenvalue weighted by Gasteiger charge is 2.22. The summed E-state index contributed by atoms with van der Waals surface area (Å²) >= 11 is 11.8. The fourth-order valence-electron chi connectivity index (χ4n) is 1.70. The zero-order valence-corrected chi connectivity index (χ0v) is 11.2. The second-order valence-electron chi connectivity index (χ2n) is 3.98. The Morgan fingerprint density at radius 3 is 2.65 bits per heavy atom. The molecular formula is C13H15Cl2NO. The Morgan fingerprint density at radius 2 is 2.12 bits per heavy atom. The van der Waals surface area contributed by atoms with Crippen LogP contribution < -0.4 is 0 Å². The summed E-state index contributed by atoms with van der Waals surface area (Å²) in [6.07, 6.45) is 1.81. The third kappa shape index (κ3) is 3.89. The van der Waals surface area contributed by atoms with E-state index in [0.29, 0.717) is 22.0 Å². The van der Waals surface area contributed by atoms with E-state index >= 15 is 0 Å². The Kier molecular flexibility index (Phi) is 5.77. The average Bonchev–Trinajstić information content (AvgIpc) is 2.30. The molecule has 0 fully saturated rings. The van der Waals surface area contributed by atoms with Crippen LogP contribution in [0.3, 0.4) is 0 Å². The molecule has 0 aliphatic heterocycles. The Balaban J connectivity index is 2.90. The smallest absolute Gasteiger partial charge is 0.0986 e. The maximum Gasteiger partial charge on any atom is 0.0986 e. The Morgan fingerprint density at radius 1 is 1.41 bits per heavy atom. The summed E-state index contributed by atoms with van der Waals surface area (Å²) < 4.78 is 0. The molecule has 1 aromatic rings. The number of hydrogen-bond donors (Lipinski definition) is 1. The summed E-state index contributed by atoms with van der Waals surface area (Å²) in [5.41, 5.74) is 0.641. The number of nitrogens with zero attached hydrogens (tertiary/aromatic N) is 1. The highest BCUT2D eigenvalue weighted by molar-refractivity contribution is 6.35. The van der Waals surface area contributed by atoms with Crippen LogP contribution in [-0.4, -0.2) is 11.2 Å². The minimum atomic E-state index is -0.682. The standard InChI is InChI=1S/C13H15Cl2NO/c1-2-3-4-13(17)11(8-16)10-6-5-9(14)7-12(10)15/h5-7,11,13,17H,2-4H2,1H3. The molecule has 0 saturated carbocycles. The molecule has 0 bridgehead atoms. The maximum absolute atomic E-state index is 9.97. The molecule has 92 valence electrons. The van der Waals surface area contributed by atoms with Gasteiger partial charge in [0, 0.05) is 10.0 Å². The predicted molar refractivity (Wildman–Crippen MR) is 70.3 cm³/mol. The summed E-state index contributed by atoms with van der Waals surface area (Å²) in [6.45, 7) is 2.05. The minimum absolute atomic E-state index is 0.430. The van der Waals surface area contributed by atoms with Crippen LogP contribution in [0.4, 0.5) is 0 Å². The first-order chi connectivity index (χ1) is 8.10. The predicted octanol–water partition coefficient (Wildman–Crippen LogP) is 4.15. The van der Waals surface area contributed by atoms with E-state index in [0.717, 1.165) is 12.8 Å².